The molecule has 0 atom stereocenters. The lowest BCUT2D eigenvalue weighted by Gasteiger charge is -2.07. The number of H-pyrrole nitrogens is 1. The van der Waals surface area contributed by atoms with E-state index in [1.54, 1.807) is 12.4 Å². The van der Waals surface area contributed by atoms with Gasteiger partial charge in [0.05, 0.1) is 17.1 Å². The van der Waals surface area contributed by atoms with Gasteiger partial charge in [0.1, 0.15) is 11.6 Å². The fourth-order valence-electron chi connectivity index (χ4n) is 1.39. The van der Waals surface area contributed by atoms with E-state index in [1.165, 1.54) is 12.1 Å². The number of hydrogen-bond acceptors (Lipinski definition) is 4. The second-order valence-corrected chi connectivity index (χ2v) is 5.14. The molecular formula is C10H11FN4O2S. The topological polar surface area (TPSA) is 101 Å². The first kappa shape index (κ1) is 12.5. The molecule has 2 rings (SSSR count). The molecule has 2 aromatic rings. The first-order chi connectivity index (χ1) is 8.47. The van der Waals surface area contributed by atoms with Crippen molar-refractivity contribution in [1.29, 1.82) is 0 Å². The number of rotatable bonds is 4. The predicted octanol–water partition coefficient (Wildman–Crippen LogP) is 0.808. The molecule has 6 nitrogen and oxygen atoms in total. The van der Waals surface area contributed by atoms with Crippen molar-refractivity contribution in [3.05, 3.63) is 42.2 Å². The van der Waals surface area contributed by atoms with Crippen LogP contribution in [0.1, 0.15) is 5.82 Å². The molecule has 0 aliphatic carbocycles. The largest absolute Gasteiger partial charge is 0.375 e. The van der Waals surface area contributed by atoms with Crippen molar-refractivity contribution in [2.75, 3.05) is 5.32 Å². The Morgan fingerprint density at radius 2 is 2.22 bits per heavy atom. The highest BCUT2D eigenvalue weighted by molar-refractivity contribution is 7.89. The van der Waals surface area contributed by atoms with E-state index in [9.17, 15) is 12.8 Å². The Morgan fingerprint density at radius 3 is 2.78 bits per heavy atom. The lowest BCUT2D eigenvalue weighted by Crippen LogP contribution is -2.13. The van der Waals surface area contributed by atoms with Crippen molar-refractivity contribution in [3.8, 4) is 0 Å². The van der Waals surface area contributed by atoms with E-state index in [1.807, 2.05) is 0 Å². The smallest absolute Gasteiger partial charge is 0.238 e. The first-order valence-electron chi connectivity index (χ1n) is 5.01. The van der Waals surface area contributed by atoms with Gasteiger partial charge in [-0.25, -0.2) is 22.9 Å². The molecule has 0 unspecified atom stereocenters. The second kappa shape index (κ2) is 4.75. The van der Waals surface area contributed by atoms with Crippen molar-refractivity contribution in [3.63, 3.8) is 0 Å². The van der Waals surface area contributed by atoms with E-state index in [-0.39, 0.29) is 10.6 Å². The zero-order valence-corrected chi connectivity index (χ0v) is 10.0. The molecule has 0 aliphatic rings. The summed E-state index contributed by atoms with van der Waals surface area (Å²) >= 11 is 0. The molecular weight excluding hydrogens is 259 g/mol. The number of aromatic amines is 1. The van der Waals surface area contributed by atoms with E-state index < -0.39 is 15.8 Å². The van der Waals surface area contributed by atoms with Gasteiger partial charge in [-0.2, -0.15) is 0 Å². The van der Waals surface area contributed by atoms with Gasteiger partial charge in [0, 0.05) is 12.4 Å². The number of primary sulfonamides is 1. The lowest BCUT2D eigenvalue weighted by atomic mass is 10.3. The number of anilines is 1. The first-order valence-corrected chi connectivity index (χ1v) is 6.56. The van der Waals surface area contributed by atoms with Gasteiger partial charge in [-0.15, -0.1) is 0 Å². The molecule has 0 saturated carbocycles. The van der Waals surface area contributed by atoms with Crippen molar-refractivity contribution >= 4 is 15.7 Å². The Morgan fingerprint density at radius 1 is 1.44 bits per heavy atom. The van der Waals surface area contributed by atoms with Crippen LogP contribution in [0.3, 0.4) is 0 Å². The van der Waals surface area contributed by atoms with Gasteiger partial charge in [0.15, 0.2) is 0 Å². The fourth-order valence-corrected chi connectivity index (χ4v) is 1.92. The molecule has 0 saturated heterocycles. The molecule has 1 aromatic heterocycles. The zero-order valence-electron chi connectivity index (χ0n) is 9.22. The molecule has 96 valence electrons. The minimum absolute atomic E-state index is 0.179. The molecule has 0 bridgehead atoms. The van der Waals surface area contributed by atoms with Gasteiger partial charge in [0.2, 0.25) is 10.0 Å². The van der Waals surface area contributed by atoms with Crippen LogP contribution in [-0.4, -0.2) is 18.4 Å². The van der Waals surface area contributed by atoms with E-state index in [0.29, 0.717) is 12.4 Å². The number of nitrogens with one attached hydrogen (secondary N) is 2. The van der Waals surface area contributed by atoms with Crippen molar-refractivity contribution in [2.45, 2.75) is 11.4 Å². The number of halogens is 1. The van der Waals surface area contributed by atoms with Crippen LogP contribution < -0.4 is 10.5 Å². The third-order valence-electron chi connectivity index (χ3n) is 2.27. The molecule has 18 heavy (non-hydrogen) atoms. The normalized spacial score (nSPS) is 11.4. The van der Waals surface area contributed by atoms with E-state index in [4.69, 9.17) is 5.14 Å². The minimum atomic E-state index is -3.89. The fraction of sp³-hybridized carbons (Fsp3) is 0.100. The van der Waals surface area contributed by atoms with Crippen molar-refractivity contribution in [1.82, 2.24) is 9.97 Å². The van der Waals surface area contributed by atoms with Gasteiger partial charge in [-0.1, -0.05) is 0 Å². The van der Waals surface area contributed by atoms with Crippen LogP contribution in [0.4, 0.5) is 10.1 Å². The summed E-state index contributed by atoms with van der Waals surface area (Å²) in [5.74, 6) is -0.0435. The SMILES string of the molecule is NS(=O)(=O)c1ccc(NCc2ncc[nH]2)c(F)c1. The molecule has 0 fully saturated rings. The van der Waals surface area contributed by atoms with Crippen LogP contribution in [0, 0.1) is 5.82 Å². The molecule has 0 amide bonds. The van der Waals surface area contributed by atoms with Crippen LogP contribution >= 0.6 is 0 Å². The average Bonchev–Trinajstić information content (AvgIpc) is 2.79. The number of aromatic nitrogens is 2. The monoisotopic (exact) mass is 270 g/mol. The molecule has 4 N–H and O–H groups in total. The van der Waals surface area contributed by atoms with Gasteiger partial charge in [-0.3, -0.25) is 0 Å². The molecule has 1 heterocycles. The van der Waals surface area contributed by atoms with Crippen LogP contribution in [0.5, 0.6) is 0 Å². The van der Waals surface area contributed by atoms with Gasteiger partial charge >= 0.3 is 0 Å². The standard InChI is InChI=1S/C10H11FN4O2S/c11-8-5-7(18(12,16)17)1-2-9(8)15-6-10-13-3-4-14-10/h1-5,15H,6H2,(H,13,14)(H2,12,16,17). The van der Waals surface area contributed by atoms with Gasteiger partial charge < -0.3 is 10.3 Å². The van der Waals surface area contributed by atoms with Crippen LogP contribution in [0.15, 0.2) is 35.5 Å². The summed E-state index contributed by atoms with van der Waals surface area (Å²) in [4.78, 5) is 6.55. The Kier molecular flexibility index (Phi) is 3.30. The van der Waals surface area contributed by atoms with Crippen LogP contribution in [0.25, 0.3) is 0 Å². The summed E-state index contributed by atoms with van der Waals surface area (Å²) in [6.45, 7) is 0.304. The average molecular weight is 270 g/mol. The second-order valence-electron chi connectivity index (χ2n) is 3.58. The quantitative estimate of drug-likeness (QED) is 0.765. The summed E-state index contributed by atoms with van der Waals surface area (Å²) in [5, 5.41) is 7.69. The number of nitrogens with zero attached hydrogens (tertiary/aromatic N) is 1. The predicted molar refractivity (Wildman–Crippen MR) is 63.7 cm³/mol. The van der Waals surface area contributed by atoms with Crippen molar-refractivity contribution < 1.29 is 12.8 Å². The summed E-state index contributed by atoms with van der Waals surface area (Å²) < 4.78 is 35.6. The van der Waals surface area contributed by atoms with E-state index >= 15 is 0 Å². The van der Waals surface area contributed by atoms with Crippen molar-refractivity contribution in [2.24, 2.45) is 5.14 Å². The third kappa shape index (κ3) is 2.84. The summed E-state index contributed by atoms with van der Waals surface area (Å²) in [7, 11) is -3.89. The zero-order chi connectivity index (χ0) is 13.2. The molecule has 0 aliphatic heterocycles. The highest BCUT2D eigenvalue weighted by Gasteiger charge is 2.11. The van der Waals surface area contributed by atoms with Crippen LogP contribution in [-0.2, 0) is 16.6 Å². The Hall–Kier alpha value is -1.93. The summed E-state index contributed by atoms with van der Waals surface area (Å²) in [6.07, 6.45) is 3.23. The van der Waals surface area contributed by atoms with Gasteiger partial charge in [0.25, 0.3) is 0 Å². The third-order valence-corrected chi connectivity index (χ3v) is 3.18. The highest BCUT2D eigenvalue weighted by Crippen LogP contribution is 2.18. The Bertz CT molecular complexity index is 640. The number of hydrogen-bond donors (Lipinski definition) is 3. The molecule has 1 aromatic carbocycles. The number of sulfonamides is 1. The molecule has 8 heteroatoms. The lowest BCUT2D eigenvalue weighted by molar-refractivity contribution is 0.592. The van der Waals surface area contributed by atoms with E-state index in [2.05, 4.69) is 15.3 Å². The number of benzene rings is 1. The highest BCUT2D eigenvalue weighted by atomic mass is 32.2. The maximum atomic E-state index is 13.6. The minimum Gasteiger partial charge on any atom is -0.375 e. The Balaban J connectivity index is 2.15. The summed E-state index contributed by atoms with van der Waals surface area (Å²) in [5.41, 5.74) is 0.179. The maximum Gasteiger partial charge on any atom is 0.238 e. The summed E-state index contributed by atoms with van der Waals surface area (Å²) in [6, 6.07) is 3.43. The number of imidazole rings is 1. The molecule has 0 radical (unpaired) electrons. The molecule has 0 spiro atoms. The van der Waals surface area contributed by atoms with Crippen LogP contribution in [0.2, 0.25) is 0 Å². The number of nitrogens with two attached hydrogens (primary N) is 1. The maximum absolute atomic E-state index is 13.6. The van der Waals surface area contributed by atoms with E-state index in [0.717, 1.165) is 6.07 Å². The van der Waals surface area contributed by atoms with Gasteiger partial charge in [-0.05, 0) is 18.2 Å². The Labute approximate surface area is 103 Å².